The van der Waals surface area contributed by atoms with Gasteiger partial charge in [-0.3, -0.25) is 19.3 Å². The van der Waals surface area contributed by atoms with Crippen LogP contribution in [0.4, 0.5) is 0 Å². The zero-order valence-corrected chi connectivity index (χ0v) is 14.1. The first kappa shape index (κ1) is 17.4. The SMILES string of the molecule is O=C1N[C@@H](c2ccccc2)CC(=O)N2C(Cl)=CC[C@H]2C(=O)N[C@H]1CO. The van der Waals surface area contributed by atoms with Gasteiger partial charge in [0.05, 0.1) is 19.1 Å². The molecule has 0 unspecified atom stereocenters. The second-order valence-electron chi connectivity index (χ2n) is 5.96. The van der Waals surface area contributed by atoms with Gasteiger partial charge >= 0.3 is 0 Å². The smallest absolute Gasteiger partial charge is 0.245 e. The van der Waals surface area contributed by atoms with E-state index in [1.54, 1.807) is 18.2 Å². The third kappa shape index (κ3) is 3.52. The molecule has 3 N–H and O–H groups in total. The van der Waals surface area contributed by atoms with Gasteiger partial charge in [-0.15, -0.1) is 0 Å². The predicted molar refractivity (Wildman–Crippen MR) is 90.1 cm³/mol. The van der Waals surface area contributed by atoms with E-state index < -0.39 is 36.5 Å². The number of hydrogen-bond acceptors (Lipinski definition) is 4. The number of carbonyl (C=O) groups excluding carboxylic acids is 3. The second kappa shape index (κ2) is 7.25. The van der Waals surface area contributed by atoms with Gasteiger partial charge in [-0.05, 0) is 18.1 Å². The number of rotatable bonds is 2. The maximum absolute atomic E-state index is 12.7. The van der Waals surface area contributed by atoms with E-state index in [1.807, 2.05) is 18.2 Å². The third-order valence-corrected chi connectivity index (χ3v) is 4.67. The number of carbonyl (C=O) groups is 3. The van der Waals surface area contributed by atoms with Gasteiger partial charge in [-0.1, -0.05) is 41.9 Å². The first-order chi connectivity index (χ1) is 12.0. The lowest BCUT2D eigenvalue weighted by Crippen LogP contribution is -2.56. The Hall–Kier alpha value is -2.38. The topological polar surface area (TPSA) is 98.7 Å². The van der Waals surface area contributed by atoms with Crippen molar-refractivity contribution >= 4 is 29.3 Å². The Morgan fingerprint density at radius 2 is 1.84 bits per heavy atom. The molecule has 1 fully saturated rings. The molecule has 1 aromatic rings. The van der Waals surface area contributed by atoms with Crippen molar-refractivity contribution in [2.45, 2.75) is 31.0 Å². The van der Waals surface area contributed by atoms with Gasteiger partial charge in [-0.2, -0.15) is 0 Å². The Bertz CT molecular complexity index is 722. The molecule has 25 heavy (non-hydrogen) atoms. The average molecular weight is 364 g/mol. The van der Waals surface area contributed by atoms with Crippen LogP contribution < -0.4 is 10.6 Å². The van der Waals surface area contributed by atoms with E-state index in [-0.39, 0.29) is 23.9 Å². The molecule has 1 aromatic carbocycles. The number of benzene rings is 1. The largest absolute Gasteiger partial charge is 0.394 e. The summed E-state index contributed by atoms with van der Waals surface area (Å²) in [4.78, 5) is 38.8. The lowest BCUT2D eigenvalue weighted by Gasteiger charge is -2.31. The third-order valence-electron chi connectivity index (χ3n) is 4.34. The fourth-order valence-electron chi connectivity index (χ4n) is 3.02. The van der Waals surface area contributed by atoms with Gasteiger partial charge in [0.2, 0.25) is 17.7 Å². The van der Waals surface area contributed by atoms with Gasteiger partial charge in [-0.25, -0.2) is 0 Å². The highest BCUT2D eigenvalue weighted by molar-refractivity contribution is 6.30. The summed E-state index contributed by atoms with van der Waals surface area (Å²) in [7, 11) is 0. The van der Waals surface area contributed by atoms with Gasteiger partial charge in [0.1, 0.15) is 17.2 Å². The molecule has 3 amide bonds. The maximum Gasteiger partial charge on any atom is 0.245 e. The molecule has 0 spiro atoms. The molecule has 0 aliphatic carbocycles. The number of fused-ring (bicyclic) bond motifs is 1. The number of hydrogen-bond donors (Lipinski definition) is 3. The number of amides is 3. The summed E-state index contributed by atoms with van der Waals surface area (Å²) in [5.41, 5.74) is 0.753. The zero-order valence-electron chi connectivity index (χ0n) is 13.3. The van der Waals surface area contributed by atoms with Crippen molar-refractivity contribution in [1.82, 2.24) is 15.5 Å². The molecule has 0 saturated carbocycles. The van der Waals surface area contributed by atoms with Crippen LogP contribution >= 0.6 is 11.6 Å². The minimum atomic E-state index is -1.09. The summed E-state index contributed by atoms with van der Waals surface area (Å²) >= 11 is 6.11. The Kier molecular flexibility index (Phi) is 5.06. The summed E-state index contributed by atoms with van der Waals surface area (Å²) in [5, 5.41) is 14.9. The monoisotopic (exact) mass is 363 g/mol. The molecule has 3 atom stereocenters. The molecule has 2 aliphatic heterocycles. The van der Waals surface area contributed by atoms with E-state index >= 15 is 0 Å². The molecule has 1 saturated heterocycles. The van der Waals surface area contributed by atoms with E-state index in [0.717, 1.165) is 5.56 Å². The minimum Gasteiger partial charge on any atom is -0.394 e. The van der Waals surface area contributed by atoms with Crippen molar-refractivity contribution in [3.05, 3.63) is 47.1 Å². The van der Waals surface area contributed by atoms with Gasteiger partial charge in [0.25, 0.3) is 0 Å². The van der Waals surface area contributed by atoms with Crippen LogP contribution in [0, 0.1) is 0 Å². The Morgan fingerprint density at radius 1 is 1.12 bits per heavy atom. The first-order valence-electron chi connectivity index (χ1n) is 7.95. The van der Waals surface area contributed by atoms with Crippen LogP contribution in [0.5, 0.6) is 0 Å². The quantitative estimate of drug-likeness (QED) is 0.663. The molecule has 0 bridgehead atoms. The van der Waals surface area contributed by atoms with Crippen molar-refractivity contribution in [3.63, 3.8) is 0 Å². The average Bonchev–Trinajstić information content (AvgIpc) is 3.00. The summed E-state index contributed by atoms with van der Waals surface area (Å²) in [6, 6.07) is 6.56. The fourth-order valence-corrected chi connectivity index (χ4v) is 3.32. The Morgan fingerprint density at radius 3 is 2.52 bits per heavy atom. The van der Waals surface area contributed by atoms with Crippen molar-refractivity contribution in [2.75, 3.05) is 6.61 Å². The van der Waals surface area contributed by atoms with Crippen LogP contribution in [0.3, 0.4) is 0 Å². The number of halogens is 1. The van der Waals surface area contributed by atoms with Crippen molar-refractivity contribution in [1.29, 1.82) is 0 Å². The molecule has 0 aromatic heterocycles. The molecule has 132 valence electrons. The standard InChI is InChI=1S/C17H18ClN3O4/c18-14-7-6-13-17(25)20-12(9-22)16(24)19-11(8-15(23)21(13)14)10-4-2-1-3-5-10/h1-5,7,11-13,22H,6,8-9H2,(H,19,24)(H,20,25)/t11-,12+,13+/m1/s1. The predicted octanol–water partition coefficient (Wildman–Crippen LogP) is 0.406. The van der Waals surface area contributed by atoms with Crippen LogP contribution in [0.25, 0.3) is 0 Å². The molecule has 3 rings (SSSR count). The molecular formula is C17H18ClN3O4. The van der Waals surface area contributed by atoms with Crippen LogP contribution in [0.15, 0.2) is 41.6 Å². The summed E-state index contributed by atoms with van der Waals surface area (Å²) in [6.45, 7) is -0.541. The fraction of sp³-hybridized carbons (Fsp3) is 0.353. The van der Waals surface area contributed by atoms with E-state index in [9.17, 15) is 19.5 Å². The lowest BCUT2D eigenvalue weighted by atomic mass is 10.0. The van der Waals surface area contributed by atoms with Crippen molar-refractivity contribution in [2.24, 2.45) is 0 Å². The van der Waals surface area contributed by atoms with E-state index in [0.29, 0.717) is 0 Å². The van der Waals surface area contributed by atoms with Gasteiger partial charge in [0, 0.05) is 0 Å². The van der Waals surface area contributed by atoms with Crippen LogP contribution in [0.2, 0.25) is 0 Å². The number of aliphatic hydroxyl groups is 1. The number of nitrogens with zero attached hydrogens (tertiary/aromatic N) is 1. The Balaban J connectivity index is 1.95. The number of aliphatic hydroxyl groups excluding tert-OH is 1. The molecule has 7 nitrogen and oxygen atoms in total. The van der Waals surface area contributed by atoms with Crippen molar-refractivity contribution in [3.8, 4) is 0 Å². The van der Waals surface area contributed by atoms with Gasteiger partial charge in [0.15, 0.2) is 0 Å². The first-order valence-corrected chi connectivity index (χ1v) is 8.33. The highest BCUT2D eigenvalue weighted by Crippen LogP contribution is 2.29. The summed E-state index contributed by atoms with van der Waals surface area (Å²) < 4.78 is 0. The van der Waals surface area contributed by atoms with Crippen LogP contribution in [-0.4, -0.2) is 46.4 Å². The van der Waals surface area contributed by atoms with E-state index in [4.69, 9.17) is 11.6 Å². The highest BCUT2D eigenvalue weighted by atomic mass is 35.5. The minimum absolute atomic E-state index is 0.0399. The maximum atomic E-state index is 12.7. The zero-order chi connectivity index (χ0) is 18.0. The number of nitrogens with one attached hydrogen (secondary N) is 2. The van der Waals surface area contributed by atoms with Crippen molar-refractivity contribution < 1.29 is 19.5 Å². The van der Waals surface area contributed by atoms with Gasteiger partial charge < -0.3 is 15.7 Å². The molecule has 2 aliphatic rings. The van der Waals surface area contributed by atoms with Crippen LogP contribution in [-0.2, 0) is 14.4 Å². The summed E-state index contributed by atoms with van der Waals surface area (Å²) in [5.74, 6) is -1.41. The molecule has 0 radical (unpaired) electrons. The Labute approximate surface area is 149 Å². The van der Waals surface area contributed by atoms with E-state index in [2.05, 4.69) is 10.6 Å². The lowest BCUT2D eigenvalue weighted by molar-refractivity contribution is -0.140. The molecular weight excluding hydrogens is 346 g/mol. The summed E-state index contributed by atoms with van der Waals surface area (Å²) in [6.07, 6.45) is 1.83. The normalized spacial score (nSPS) is 27.3. The second-order valence-corrected chi connectivity index (χ2v) is 6.35. The highest BCUT2D eigenvalue weighted by Gasteiger charge is 2.39. The van der Waals surface area contributed by atoms with E-state index in [1.165, 1.54) is 4.90 Å². The van der Waals surface area contributed by atoms with Crippen LogP contribution in [0.1, 0.15) is 24.4 Å². The molecule has 8 heteroatoms. The molecule has 2 heterocycles.